The van der Waals surface area contributed by atoms with E-state index in [1.54, 1.807) is 58.6 Å². The fraction of sp³-hybridized carbons (Fsp3) is 0.729. The zero-order chi connectivity index (χ0) is 58.6. The van der Waals surface area contributed by atoms with E-state index in [1.807, 2.05) is 26.0 Å². The van der Waals surface area contributed by atoms with E-state index in [1.165, 1.54) is 19.1 Å². The Balaban J connectivity index is 0.000000659. The van der Waals surface area contributed by atoms with E-state index in [4.69, 9.17) is 23.7 Å². The Morgan fingerprint density at radius 1 is 0.603 bits per heavy atom. The number of Topliss-reactive ketones (excluding diaryl/α,β-unsaturated/α-hetero) is 1. The van der Waals surface area contributed by atoms with E-state index in [2.05, 4.69) is 50.6 Å². The molecule has 4 N–H and O–H groups in total. The summed E-state index contributed by atoms with van der Waals surface area (Å²) in [5.41, 5.74) is 2.23. The number of allylic oxidation sites excluding steroid dienone is 2. The lowest BCUT2D eigenvalue weighted by molar-refractivity contribution is -0.409. The second kappa shape index (κ2) is 32.4. The van der Waals surface area contributed by atoms with Gasteiger partial charge >= 0.3 is 29.8 Å². The van der Waals surface area contributed by atoms with Gasteiger partial charge in [-0.3, -0.25) is 28.8 Å². The Morgan fingerprint density at radius 3 is 1.37 bits per heavy atom. The van der Waals surface area contributed by atoms with Crippen LogP contribution in [0.15, 0.2) is 50.6 Å². The Kier molecular flexibility index (Phi) is 29.5. The number of unbranched alkanes of at least 4 members (excludes halogenated alkanes) is 4. The first-order chi connectivity index (χ1) is 35.9. The number of nitrogens with zero attached hydrogens (tertiary/aromatic N) is 2. The molecule has 18 nitrogen and oxygen atoms in total. The molecule has 0 radical (unpaired) electrons. The SMILES string of the molecule is C=CCCCC[C@H](CC(=O)[C@@H]1[C@@H]2[C@H](CN1C(=O)[C@H](COCC=C)CC(=O)OC(C)(C)C)C2(C)C)C(=O)OC.C=CCCCC[C@H]([NH3+])C(=O)OC.C=CCOC[C@H](CC(=O)OC(C)(C)C)C(=O)N1C[C@H]2[C@@H]([C@H]1C(=O)O)C2(C)C.[Cl-]. The zero-order valence-electron chi connectivity index (χ0n) is 49.1. The maximum Gasteiger partial charge on any atom is 0.364 e. The van der Waals surface area contributed by atoms with Gasteiger partial charge < -0.3 is 61.5 Å². The molecular weight excluding hydrogens is 1030 g/mol. The average molecular weight is 1120 g/mol. The Labute approximate surface area is 471 Å². The van der Waals surface area contributed by atoms with Crippen molar-refractivity contribution in [2.24, 2.45) is 52.3 Å². The van der Waals surface area contributed by atoms with Gasteiger partial charge in [-0.2, -0.15) is 0 Å². The second-order valence-electron chi connectivity index (χ2n) is 24.0. The molecule has 10 atom stereocenters. The number of methoxy groups -OCH3 is 2. The number of esters is 4. The van der Waals surface area contributed by atoms with Crippen molar-refractivity contribution in [1.82, 2.24) is 9.80 Å². The molecule has 2 saturated heterocycles. The summed E-state index contributed by atoms with van der Waals surface area (Å²) in [4.78, 5) is 104. The Hall–Kier alpha value is -4.91. The molecule has 2 amide bonds. The number of ether oxygens (including phenoxy) is 6. The molecular formula is C59H96ClN3O15. The number of likely N-dealkylation sites (tertiary alicyclic amines) is 2. The van der Waals surface area contributed by atoms with Crippen LogP contribution in [0.5, 0.6) is 0 Å². The number of hydrogen-bond donors (Lipinski definition) is 2. The lowest BCUT2D eigenvalue weighted by Gasteiger charge is -2.33. The molecule has 19 heteroatoms. The molecule has 2 heterocycles. The highest BCUT2D eigenvalue weighted by molar-refractivity contribution is 5.94. The smallest absolute Gasteiger partial charge is 0.364 e. The highest BCUT2D eigenvalue weighted by Crippen LogP contribution is 2.66. The first-order valence-corrected chi connectivity index (χ1v) is 27.3. The predicted molar refractivity (Wildman–Crippen MR) is 291 cm³/mol. The monoisotopic (exact) mass is 1120 g/mol. The van der Waals surface area contributed by atoms with Gasteiger partial charge in [0.1, 0.15) is 17.2 Å². The van der Waals surface area contributed by atoms with Crippen molar-refractivity contribution in [3.05, 3.63) is 50.6 Å². The summed E-state index contributed by atoms with van der Waals surface area (Å²) < 4.78 is 31.3. The minimum atomic E-state index is -0.996. The molecule has 0 bridgehead atoms. The lowest BCUT2D eigenvalue weighted by atomic mass is 9.89. The highest BCUT2D eigenvalue weighted by atomic mass is 35.5. The molecule has 0 aromatic heterocycles. The van der Waals surface area contributed by atoms with Crippen LogP contribution in [0.1, 0.15) is 140 Å². The third-order valence-electron chi connectivity index (χ3n) is 15.0. The summed E-state index contributed by atoms with van der Waals surface area (Å²) in [5, 5.41) is 9.66. The number of carboxylic acids is 1. The number of carbonyl (C=O) groups is 8. The first kappa shape index (κ1) is 71.1. The second-order valence-corrected chi connectivity index (χ2v) is 24.0. The lowest BCUT2D eigenvalue weighted by Crippen LogP contribution is -3.00. The molecule has 2 aliphatic heterocycles. The summed E-state index contributed by atoms with van der Waals surface area (Å²) in [6, 6.07) is -1.69. The Morgan fingerprint density at radius 2 is 1.00 bits per heavy atom. The van der Waals surface area contributed by atoms with E-state index in [0.717, 1.165) is 44.9 Å². The van der Waals surface area contributed by atoms with Gasteiger partial charge in [0.25, 0.3) is 0 Å². The molecule has 4 rings (SSSR count). The third-order valence-corrected chi connectivity index (χ3v) is 15.0. The number of quaternary nitrogens is 1. The number of ketones is 1. The number of carboxylic acid groups (broad SMARTS) is 1. The number of amides is 2. The summed E-state index contributed by atoms with van der Waals surface area (Å²) in [6.07, 6.45) is 13.5. The number of halogens is 1. The van der Waals surface area contributed by atoms with Gasteiger partial charge in [-0.05, 0) is 109 Å². The summed E-state index contributed by atoms with van der Waals surface area (Å²) in [6.45, 7) is 34.8. The number of fused-ring (bicyclic) bond motifs is 2. The van der Waals surface area contributed by atoms with E-state index in [0.29, 0.717) is 19.5 Å². The van der Waals surface area contributed by atoms with Crippen molar-refractivity contribution in [1.29, 1.82) is 0 Å². The van der Waals surface area contributed by atoms with Crippen LogP contribution in [0.4, 0.5) is 0 Å². The average Bonchev–Trinajstić information content (AvgIpc) is 3.78. The molecule has 2 aliphatic carbocycles. The van der Waals surface area contributed by atoms with Crippen LogP contribution in [0.25, 0.3) is 0 Å². The molecule has 4 aliphatic rings. The van der Waals surface area contributed by atoms with Crippen molar-refractivity contribution >= 4 is 47.4 Å². The highest BCUT2D eigenvalue weighted by Gasteiger charge is 2.70. The maximum absolute atomic E-state index is 13.8. The number of piperidine rings is 2. The third kappa shape index (κ3) is 21.6. The molecule has 0 unspecified atom stereocenters. The van der Waals surface area contributed by atoms with Crippen molar-refractivity contribution in [3.8, 4) is 0 Å². The Bertz CT molecular complexity index is 2060. The van der Waals surface area contributed by atoms with Gasteiger partial charge in [0.15, 0.2) is 11.8 Å². The standard InChI is InChI=1S/C30H47NO7.C20H31NO6.C9H17NO2.ClH/c1-9-11-12-13-14-20(28(35)36-8)16-23(32)26-25-22(30(25,6)7)18-31(26)27(34)21(19-37-15-10-2)17-24(33)38-29(3,4)5;1-7-8-26-11-12(9-14(22)27-19(2,3)4)17(23)21-10-13-15(20(13,5)6)16(21)18(24)25;1-3-4-5-6-7-8(10)9(11)12-2;/h9-10,20-22,25-26H,1-2,11-19H2,3-8H3;7,12-13,15-16H,1,8-11H2,2-6H3,(H,24,25);3,8H,1,4-7,10H2,2H3;1H/t20-,21+,22+,25+,26-;12-,13-,15-,16-;8-;/m100./s1. The van der Waals surface area contributed by atoms with Crippen LogP contribution in [0, 0.1) is 52.3 Å². The quantitative estimate of drug-likeness (QED) is 0.0444. The minimum absolute atomic E-state index is 0. The minimum Gasteiger partial charge on any atom is -1.00 e. The van der Waals surface area contributed by atoms with Crippen molar-refractivity contribution in [3.63, 3.8) is 0 Å². The van der Waals surface area contributed by atoms with Gasteiger partial charge in [-0.1, -0.05) is 58.4 Å². The van der Waals surface area contributed by atoms with Gasteiger partial charge in [0.2, 0.25) is 11.8 Å². The van der Waals surface area contributed by atoms with Gasteiger partial charge in [0.05, 0.1) is 77.3 Å². The molecule has 0 spiro atoms. The predicted octanol–water partition coefficient (Wildman–Crippen LogP) is 4.14. The van der Waals surface area contributed by atoms with E-state index in [-0.39, 0.29) is 122 Å². The fourth-order valence-electron chi connectivity index (χ4n) is 10.8. The molecule has 2 saturated carbocycles. The number of hydrogen-bond acceptors (Lipinski definition) is 14. The van der Waals surface area contributed by atoms with Crippen LogP contribution in [0.3, 0.4) is 0 Å². The molecule has 444 valence electrons. The van der Waals surface area contributed by atoms with Crippen molar-refractivity contribution in [2.75, 3.05) is 53.7 Å². The normalized spacial score (nSPS) is 22.4. The van der Waals surface area contributed by atoms with E-state index < -0.39 is 64.9 Å². The van der Waals surface area contributed by atoms with E-state index >= 15 is 0 Å². The molecule has 78 heavy (non-hydrogen) atoms. The van der Waals surface area contributed by atoms with Crippen molar-refractivity contribution < 1.29 is 90.0 Å². The number of rotatable bonds is 30. The summed E-state index contributed by atoms with van der Waals surface area (Å²) in [7, 11) is 2.73. The van der Waals surface area contributed by atoms with Gasteiger partial charge in [0, 0.05) is 31.8 Å². The molecule has 4 fully saturated rings. The molecule has 0 aromatic carbocycles. The van der Waals surface area contributed by atoms with Crippen LogP contribution in [0.2, 0.25) is 0 Å². The van der Waals surface area contributed by atoms with E-state index in [9.17, 15) is 43.5 Å². The zero-order valence-corrected chi connectivity index (χ0v) is 49.8. The summed E-state index contributed by atoms with van der Waals surface area (Å²) in [5.74, 6) is -5.14. The van der Waals surface area contributed by atoms with Crippen LogP contribution in [-0.2, 0) is 66.8 Å². The maximum atomic E-state index is 13.8. The largest absolute Gasteiger partial charge is 1.00 e. The fourth-order valence-corrected chi connectivity index (χ4v) is 10.8. The van der Waals surface area contributed by atoms with Gasteiger partial charge in [-0.15, -0.1) is 26.3 Å². The summed E-state index contributed by atoms with van der Waals surface area (Å²) >= 11 is 0. The van der Waals surface area contributed by atoms with Gasteiger partial charge in [-0.25, -0.2) is 9.59 Å². The van der Waals surface area contributed by atoms with Crippen LogP contribution in [-0.4, -0.2) is 145 Å². The molecule has 0 aromatic rings. The van der Waals surface area contributed by atoms with Crippen LogP contribution >= 0.6 is 0 Å². The number of aliphatic carboxylic acids is 1. The first-order valence-electron chi connectivity index (χ1n) is 27.3. The van der Waals surface area contributed by atoms with Crippen LogP contribution < -0.4 is 18.1 Å². The van der Waals surface area contributed by atoms with Crippen molar-refractivity contribution in [2.45, 2.75) is 169 Å². The number of carbonyl (C=O) groups excluding carboxylic acids is 7. The topological polar surface area (TPSA) is 246 Å².